The molecule has 184 valence electrons. The Kier molecular flexibility index (Phi) is 6.66. The van der Waals surface area contributed by atoms with Gasteiger partial charge < -0.3 is 14.8 Å². The zero-order chi connectivity index (χ0) is 26.0. The number of nitrogens with one attached hydrogen (secondary N) is 1. The van der Waals surface area contributed by atoms with Crippen LogP contribution in [0.5, 0.6) is 0 Å². The second-order valence-corrected chi connectivity index (χ2v) is 9.17. The van der Waals surface area contributed by atoms with E-state index >= 15 is 0 Å². The van der Waals surface area contributed by atoms with E-state index in [4.69, 9.17) is 26.1 Å². The van der Waals surface area contributed by atoms with Crippen LogP contribution in [-0.2, 0) is 19.7 Å². The van der Waals surface area contributed by atoms with Crippen LogP contribution in [0.1, 0.15) is 22.3 Å². The third-order valence-electron chi connectivity index (χ3n) is 6.74. The molecule has 1 aliphatic carbocycles. The Bertz CT molecular complexity index is 1490. The van der Waals surface area contributed by atoms with E-state index in [1.54, 1.807) is 32.4 Å². The van der Waals surface area contributed by atoms with Gasteiger partial charge in [0.15, 0.2) is 0 Å². The van der Waals surface area contributed by atoms with Gasteiger partial charge in [-0.15, -0.1) is 0 Å². The highest BCUT2D eigenvalue weighted by atomic mass is 35.5. The first-order valence-corrected chi connectivity index (χ1v) is 12.1. The maximum absolute atomic E-state index is 12.7. The Morgan fingerprint density at radius 2 is 1.76 bits per heavy atom. The molecule has 1 N–H and O–H groups in total. The number of carbonyl (C=O) groups excluding carboxylic acids is 1. The minimum Gasteiger partial charge on any atom is -0.499 e. The number of ether oxygens (including phenoxy) is 2. The molecule has 0 radical (unpaired) electrons. The lowest BCUT2D eigenvalue weighted by molar-refractivity contribution is -0.118. The topological polar surface area (TPSA) is 83.7 Å². The molecular formula is C30H24ClN3O3. The first kappa shape index (κ1) is 24.5. The van der Waals surface area contributed by atoms with Crippen molar-refractivity contribution in [2.75, 3.05) is 20.8 Å². The second-order valence-electron chi connectivity index (χ2n) is 8.73. The van der Waals surface area contributed by atoms with Gasteiger partial charge >= 0.3 is 0 Å². The molecule has 0 saturated carbocycles. The molecule has 1 heterocycles. The molecule has 37 heavy (non-hydrogen) atoms. The molecule has 2 aliphatic rings. The smallest absolute Gasteiger partial charge is 0.246 e. The molecule has 0 aromatic heterocycles. The van der Waals surface area contributed by atoms with E-state index in [-0.39, 0.29) is 12.5 Å². The molecule has 0 spiro atoms. The average molecular weight is 510 g/mol. The molecule has 6 nitrogen and oxygen atoms in total. The quantitative estimate of drug-likeness (QED) is 0.528. The molecule has 0 saturated heterocycles. The van der Waals surface area contributed by atoms with Crippen molar-refractivity contribution in [2.24, 2.45) is 4.99 Å². The average Bonchev–Trinajstić information content (AvgIpc) is 3.10. The van der Waals surface area contributed by atoms with Gasteiger partial charge in [-0.3, -0.25) is 9.79 Å². The van der Waals surface area contributed by atoms with Crippen LogP contribution in [0, 0.1) is 11.3 Å². The summed E-state index contributed by atoms with van der Waals surface area (Å²) < 4.78 is 12.4. The number of allylic oxidation sites excluding steroid dienone is 1. The molecule has 2 atom stereocenters. The van der Waals surface area contributed by atoms with Gasteiger partial charge in [0, 0.05) is 17.7 Å². The van der Waals surface area contributed by atoms with E-state index in [0.29, 0.717) is 38.9 Å². The largest absolute Gasteiger partial charge is 0.499 e. The Morgan fingerprint density at radius 1 is 1.03 bits per heavy atom. The van der Waals surface area contributed by atoms with E-state index in [9.17, 15) is 10.1 Å². The van der Waals surface area contributed by atoms with Gasteiger partial charge in [0.2, 0.25) is 5.91 Å². The lowest BCUT2D eigenvalue weighted by atomic mass is 9.64. The minimum absolute atomic E-state index is 0.0686. The van der Waals surface area contributed by atoms with Gasteiger partial charge in [-0.2, -0.15) is 5.26 Å². The lowest BCUT2D eigenvalue weighted by Gasteiger charge is -2.44. The number of nitrogens with zero attached hydrogens (tertiary/aromatic N) is 2. The Labute approximate surface area is 220 Å². The number of benzene rings is 3. The molecule has 0 fully saturated rings. The van der Waals surface area contributed by atoms with Crippen LogP contribution < -0.4 is 5.32 Å². The number of halogens is 1. The van der Waals surface area contributed by atoms with Gasteiger partial charge in [-0.25, -0.2) is 0 Å². The Hall–Kier alpha value is -4.18. The summed E-state index contributed by atoms with van der Waals surface area (Å²) in [4.78, 5) is 17.4. The number of methoxy groups -OCH3 is 2. The molecule has 2 unspecified atom stereocenters. The summed E-state index contributed by atoms with van der Waals surface area (Å²) in [5.74, 6) is 0.313. The summed E-state index contributed by atoms with van der Waals surface area (Å²) in [6, 6.07) is 26.9. The van der Waals surface area contributed by atoms with Crippen molar-refractivity contribution in [2.45, 2.75) is 11.5 Å². The van der Waals surface area contributed by atoms with Crippen molar-refractivity contribution in [1.29, 1.82) is 5.26 Å². The molecule has 3 aromatic rings. The third-order valence-corrected chi connectivity index (χ3v) is 6.99. The van der Waals surface area contributed by atoms with E-state index in [1.165, 1.54) is 0 Å². The Morgan fingerprint density at radius 3 is 2.43 bits per heavy atom. The molecule has 0 bridgehead atoms. The van der Waals surface area contributed by atoms with Crippen LogP contribution in [-0.4, -0.2) is 38.5 Å². The van der Waals surface area contributed by atoms with Gasteiger partial charge in [0.05, 0.1) is 41.8 Å². The van der Waals surface area contributed by atoms with Crippen molar-refractivity contribution in [3.8, 4) is 6.07 Å². The predicted octanol–water partition coefficient (Wildman–Crippen LogP) is 4.93. The monoisotopic (exact) mass is 509 g/mol. The van der Waals surface area contributed by atoms with E-state index in [0.717, 1.165) is 11.1 Å². The maximum atomic E-state index is 12.7. The predicted molar refractivity (Wildman–Crippen MR) is 142 cm³/mol. The standard InChI is InChI=1S/C30H24ClN3O3/c1-36-25-16-24-27(28(33-18-26(35)34-24)20-8-6-7-19(15-20)17-32)29(37-2)30(25,21-9-4-3-5-10-21)22-11-13-23(31)14-12-22/h3-16,25H,18H2,1-2H3,(H,34,35). The van der Waals surface area contributed by atoms with Crippen molar-refractivity contribution < 1.29 is 14.3 Å². The number of amides is 1. The minimum atomic E-state index is -0.934. The molecule has 7 heteroatoms. The zero-order valence-corrected chi connectivity index (χ0v) is 21.1. The molecular weight excluding hydrogens is 486 g/mol. The number of fused-ring (bicyclic) bond motifs is 1. The van der Waals surface area contributed by atoms with Crippen molar-refractivity contribution in [3.05, 3.63) is 129 Å². The molecule has 1 amide bonds. The number of hydrogen-bond acceptors (Lipinski definition) is 5. The van der Waals surface area contributed by atoms with Gasteiger partial charge in [0.1, 0.15) is 17.7 Å². The third kappa shape index (κ3) is 4.13. The van der Waals surface area contributed by atoms with E-state index < -0.39 is 11.5 Å². The van der Waals surface area contributed by atoms with Crippen molar-refractivity contribution in [3.63, 3.8) is 0 Å². The van der Waals surface area contributed by atoms with Crippen molar-refractivity contribution >= 4 is 23.2 Å². The van der Waals surface area contributed by atoms with Crippen LogP contribution >= 0.6 is 11.6 Å². The van der Waals surface area contributed by atoms with Crippen LogP contribution in [0.3, 0.4) is 0 Å². The van der Waals surface area contributed by atoms with E-state index in [2.05, 4.69) is 11.4 Å². The second kappa shape index (κ2) is 10.1. The van der Waals surface area contributed by atoms with Crippen LogP contribution in [0.2, 0.25) is 5.02 Å². The fourth-order valence-corrected chi connectivity index (χ4v) is 5.34. The van der Waals surface area contributed by atoms with E-state index in [1.807, 2.05) is 66.7 Å². The molecule has 3 aromatic carbocycles. The van der Waals surface area contributed by atoms with Crippen LogP contribution in [0.15, 0.2) is 107 Å². The number of aliphatic imine (C=N–C) groups is 1. The maximum Gasteiger partial charge on any atom is 0.246 e. The zero-order valence-electron chi connectivity index (χ0n) is 20.4. The summed E-state index contributed by atoms with van der Waals surface area (Å²) in [6.45, 7) is -0.0686. The SMILES string of the molecule is COC1=C2C(=CC(OC)C1(c1ccccc1)c1ccc(Cl)cc1)NC(=O)CN=C2c1cccc(C#N)c1. The van der Waals surface area contributed by atoms with Crippen molar-refractivity contribution in [1.82, 2.24) is 5.32 Å². The first-order chi connectivity index (χ1) is 18.0. The van der Waals surface area contributed by atoms with Crippen LogP contribution in [0.25, 0.3) is 0 Å². The first-order valence-electron chi connectivity index (χ1n) is 11.7. The summed E-state index contributed by atoms with van der Waals surface area (Å²) in [5.41, 5.74) is 3.84. The fraction of sp³-hybridized carbons (Fsp3) is 0.167. The Balaban J connectivity index is 1.90. The number of carbonyl (C=O) groups is 1. The summed E-state index contributed by atoms with van der Waals surface area (Å²) in [7, 11) is 3.25. The molecule has 1 aliphatic heterocycles. The molecule has 5 rings (SSSR count). The summed E-state index contributed by atoms with van der Waals surface area (Å²) in [5, 5.41) is 13.1. The number of rotatable bonds is 5. The summed E-state index contributed by atoms with van der Waals surface area (Å²) in [6.07, 6.45) is 1.36. The normalized spacial score (nSPS) is 21.1. The van der Waals surface area contributed by atoms with Gasteiger partial charge in [-0.1, -0.05) is 66.2 Å². The van der Waals surface area contributed by atoms with Gasteiger partial charge in [-0.05, 0) is 41.5 Å². The highest BCUT2D eigenvalue weighted by molar-refractivity contribution is 6.30. The highest BCUT2D eigenvalue weighted by Gasteiger charge is 2.52. The van der Waals surface area contributed by atoms with Gasteiger partial charge in [0.25, 0.3) is 0 Å². The summed E-state index contributed by atoms with van der Waals surface area (Å²) >= 11 is 6.28. The lowest BCUT2D eigenvalue weighted by Crippen LogP contribution is -2.48. The fourth-order valence-electron chi connectivity index (χ4n) is 5.22. The number of nitriles is 1. The van der Waals surface area contributed by atoms with Crippen LogP contribution in [0.4, 0.5) is 0 Å². The number of hydrogen-bond donors (Lipinski definition) is 1. The highest BCUT2D eigenvalue weighted by Crippen LogP contribution is 2.50.